The second-order valence-electron chi connectivity index (χ2n) is 5.61. The van der Waals surface area contributed by atoms with Crippen molar-refractivity contribution < 1.29 is 0 Å². The van der Waals surface area contributed by atoms with Crippen molar-refractivity contribution >= 4 is 23.2 Å². The summed E-state index contributed by atoms with van der Waals surface area (Å²) < 4.78 is 0. The Balaban J connectivity index is 1.61. The molecule has 2 nitrogen and oxygen atoms in total. The van der Waals surface area contributed by atoms with E-state index in [1.807, 2.05) is 18.2 Å². The van der Waals surface area contributed by atoms with Gasteiger partial charge in [-0.3, -0.25) is 4.90 Å². The van der Waals surface area contributed by atoms with Gasteiger partial charge < -0.3 is 5.32 Å². The van der Waals surface area contributed by atoms with Gasteiger partial charge in [-0.05, 0) is 49.6 Å². The fraction of sp³-hybridized carbons (Fsp3) is 0.600. The van der Waals surface area contributed by atoms with Crippen LogP contribution in [-0.4, -0.2) is 30.1 Å². The van der Waals surface area contributed by atoms with Crippen LogP contribution in [-0.2, 0) is 6.54 Å². The first-order chi connectivity index (χ1) is 9.24. The highest BCUT2D eigenvalue weighted by Crippen LogP contribution is 2.28. The van der Waals surface area contributed by atoms with Gasteiger partial charge in [0.1, 0.15) is 0 Å². The van der Waals surface area contributed by atoms with Gasteiger partial charge in [-0.1, -0.05) is 29.6 Å². The van der Waals surface area contributed by atoms with Gasteiger partial charge >= 0.3 is 0 Å². The molecule has 1 N–H and O–H groups in total. The molecule has 0 radical (unpaired) electrons. The fourth-order valence-corrected chi connectivity index (χ4v) is 3.78. The summed E-state index contributed by atoms with van der Waals surface area (Å²) in [4.78, 5) is 2.64. The van der Waals surface area contributed by atoms with E-state index in [0.29, 0.717) is 6.04 Å². The first kappa shape index (κ1) is 13.7. The van der Waals surface area contributed by atoms with Crippen LogP contribution in [0.2, 0.25) is 10.0 Å². The third-order valence-electron chi connectivity index (χ3n) is 4.42. The second kappa shape index (κ2) is 6.01. The van der Waals surface area contributed by atoms with E-state index in [1.54, 1.807) is 0 Å². The van der Waals surface area contributed by atoms with Crippen molar-refractivity contribution in [3.05, 3.63) is 33.8 Å². The number of benzene rings is 1. The van der Waals surface area contributed by atoms with Gasteiger partial charge in [0.15, 0.2) is 0 Å². The number of piperidine rings is 1. The van der Waals surface area contributed by atoms with E-state index in [0.717, 1.165) is 28.2 Å². The standard InChI is InChI=1S/C15H20Cl2N2/c16-12-4-5-13(17)11(9-12)10-18-14-6-8-19-7-2-1-3-15(14)19/h4-5,9,14-15,18H,1-3,6-8,10H2. The first-order valence-electron chi connectivity index (χ1n) is 7.15. The van der Waals surface area contributed by atoms with E-state index in [4.69, 9.17) is 23.2 Å². The molecule has 1 aromatic carbocycles. The summed E-state index contributed by atoms with van der Waals surface area (Å²) in [6.45, 7) is 3.33. The minimum atomic E-state index is 0.607. The zero-order chi connectivity index (χ0) is 13.2. The maximum atomic E-state index is 6.21. The maximum Gasteiger partial charge on any atom is 0.0451 e. The van der Waals surface area contributed by atoms with Gasteiger partial charge in [0.05, 0.1) is 0 Å². The number of halogens is 2. The third-order valence-corrected chi connectivity index (χ3v) is 5.02. The molecular weight excluding hydrogens is 279 g/mol. The molecule has 2 heterocycles. The number of fused-ring (bicyclic) bond motifs is 1. The zero-order valence-electron chi connectivity index (χ0n) is 11.0. The Labute approximate surface area is 125 Å². The molecule has 3 rings (SSSR count). The topological polar surface area (TPSA) is 15.3 Å². The number of nitrogens with zero attached hydrogens (tertiary/aromatic N) is 1. The number of hydrogen-bond acceptors (Lipinski definition) is 2. The molecule has 2 aliphatic rings. The van der Waals surface area contributed by atoms with Crippen molar-refractivity contribution in [2.75, 3.05) is 13.1 Å². The summed E-state index contributed by atoms with van der Waals surface area (Å²) in [6, 6.07) is 7.01. The van der Waals surface area contributed by atoms with Crippen molar-refractivity contribution in [2.45, 2.75) is 44.3 Å². The van der Waals surface area contributed by atoms with Crippen molar-refractivity contribution in [3.8, 4) is 0 Å². The van der Waals surface area contributed by atoms with Gasteiger partial charge in [0.2, 0.25) is 0 Å². The van der Waals surface area contributed by atoms with E-state index >= 15 is 0 Å². The van der Waals surface area contributed by atoms with Crippen LogP contribution in [0.15, 0.2) is 18.2 Å². The molecular formula is C15H20Cl2N2. The normalized spacial score (nSPS) is 27.5. The lowest BCUT2D eigenvalue weighted by atomic mass is 9.99. The number of rotatable bonds is 3. The van der Waals surface area contributed by atoms with Gasteiger partial charge in [0.25, 0.3) is 0 Å². The highest BCUT2D eigenvalue weighted by molar-refractivity contribution is 6.33. The predicted molar refractivity (Wildman–Crippen MR) is 80.9 cm³/mol. The van der Waals surface area contributed by atoms with Crippen LogP contribution in [0, 0.1) is 0 Å². The monoisotopic (exact) mass is 298 g/mol. The molecule has 2 fully saturated rings. The quantitative estimate of drug-likeness (QED) is 0.915. The molecule has 4 heteroatoms. The Hall–Kier alpha value is -0.280. The minimum Gasteiger partial charge on any atom is -0.308 e. The maximum absolute atomic E-state index is 6.21. The molecule has 0 saturated carbocycles. The molecule has 2 aliphatic heterocycles. The summed E-state index contributed by atoms with van der Waals surface area (Å²) in [7, 11) is 0. The van der Waals surface area contributed by atoms with Crippen LogP contribution in [0.25, 0.3) is 0 Å². The largest absolute Gasteiger partial charge is 0.308 e. The summed E-state index contributed by atoms with van der Waals surface area (Å²) >= 11 is 12.2. The van der Waals surface area contributed by atoms with Crippen molar-refractivity contribution in [1.82, 2.24) is 10.2 Å². The molecule has 2 atom stereocenters. The van der Waals surface area contributed by atoms with Crippen LogP contribution in [0.5, 0.6) is 0 Å². The predicted octanol–water partition coefficient (Wildman–Crippen LogP) is 3.71. The molecule has 19 heavy (non-hydrogen) atoms. The van der Waals surface area contributed by atoms with Crippen molar-refractivity contribution in [2.24, 2.45) is 0 Å². The molecule has 0 amide bonds. The molecule has 0 bridgehead atoms. The Morgan fingerprint density at radius 2 is 2.05 bits per heavy atom. The summed E-state index contributed by atoms with van der Waals surface area (Å²) in [5, 5.41) is 5.24. The fourth-order valence-electron chi connectivity index (χ4n) is 3.41. The lowest BCUT2D eigenvalue weighted by Gasteiger charge is -2.32. The minimum absolute atomic E-state index is 0.607. The van der Waals surface area contributed by atoms with Crippen molar-refractivity contribution in [1.29, 1.82) is 0 Å². The Morgan fingerprint density at radius 1 is 1.16 bits per heavy atom. The van der Waals surface area contributed by atoms with Gasteiger partial charge in [-0.15, -0.1) is 0 Å². The summed E-state index contributed by atoms with van der Waals surface area (Å²) in [6.07, 6.45) is 5.32. The van der Waals surface area contributed by atoms with Crippen LogP contribution >= 0.6 is 23.2 Å². The Morgan fingerprint density at radius 3 is 2.95 bits per heavy atom. The molecule has 0 aromatic heterocycles. The number of hydrogen-bond donors (Lipinski definition) is 1. The lowest BCUT2D eigenvalue weighted by molar-refractivity contribution is 0.180. The first-order valence-corrected chi connectivity index (χ1v) is 7.91. The lowest BCUT2D eigenvalue weighted by Crippen LogP contribution is -2.44. The molecule has 0 spiro atoms. The van der Waals surface area contributed by atoms with Gasteiger partial charge in [-0.25, -0.2) is 0 Å². The average molecular weight is 299 g/mol. The number of nitrogens with one attached hydrogen (secondary N) is 1. The average Bonchev–Trinajstić information content (AvgIpc) is 2.83. The highest BCUT2D eigenvalue weighted by Gasteiger charge is 2.34. The van der Waals surface area contributed by atoms with Crippen molar-refractivity contribution in [3.63, 3.8) is 0 Å². The molecule has 1 aromatic rings. The summed E-state index contributed by atoms with van der Waals surface area (Å²) in [5.41, 5.74) is 1.10. The van der Waals surface area contributed by atoms with Crippen LogP contribution < -0.4 is 5.32 Å². The van der Waals surface area contributed by atoms with Crippen LogP contribution in [0.1, 0.15) is 31.2 Å². The van der Waals surface area contributed by atoms with E-state index in [9.17, 15) is 0 Å². The van der Waals surface area contributed by atoms with Crippen LogP contribution in [0.3, 0.4) is 0 Å². The van der Waals surface area contributed by atoms with E-state index in [-0.39, 0.29) is 0 Å². The molecule has 2 saturated heterocycles. The zero-order valence-corrected chi connectivity index (χ0v) is 12.6. The van der Waals surface area contributed by atoms with E-state index in [2.05, 4.69) is 10.2 Å². The summed E-state index contributed by atoms with van der Waals surface area (Å²) in [5.74, 6) is 0. The highest BCUT2D eigenvalue weighted by atomic mass is 35.5. The molecule has 0 aliphatic carbocycles. The SMILES string of the molecule is Clc1ccc(Cl)c(CNC2CCN3CCCCC23)c1. The van der Waals surface area contributed by atoms with Crippen LogP contribution in [0.4, 0.5) is 0 Å². The second-order valence-corrected chi connectivity index (χ2v) is 6.45. The van der Waals surface area contributed by atoms with Gasteiger partial charge in [0, 0.05) is 35.2 Å². The molecule has 104 valence electrons. The third kappa shape index (κ3) is 3.08. The van der Waals surface area contributed by atoms with E-state index < -0.39 is 0 Å². The van der Waals surface area contributed by atoms with Gasteiger partial charge in [-0.2, -0.15) is 0 Å². The Kier molecular flexibility index (Phi) is 4.33. The van der Waals surface area contributed by atoms with E-state index in [1.165, 1.54) is 38.8 Å². The smallest absolute Gasteiger partial charge is 0.0451 e. The Bertz CT molecular complexity index is 450. The molecule has 2 unspecified atom stereocenters.